The van der Waals surface area contributed by atoms with Gasteiger partial charge < -0.3 is 5.32 Å². The molecule has 2 aromatic rings. The van der Waals surface area contributed by atoms with E-state index >= 15 is 0 Å². The van der Waals surface area contributed by atoms with Gasteiger partial charge in [0.1, 0.15) is 0 Å². The normalized spacial score (nSPS) is 17.2. The van der Waals surface area contributed by atoms with Crippen LogP contribution in [0.5, 0.6) is 0 Å². The Kier molecular flexibility index (Phi) is 4.49. The highest BCUT2D eigenvalue weighted by Gasteiger charge is 2.28. The molecule has 0 fully saturated rings. The van der Waals surface area contributed by atoms with E-state index in [1.165, 1.54) is 11.8 Å². The first-order chi connectivity index (χ1) is 11.3. The summed E-state index contributed by atoms with van der Waals surface area (Å²) >= 11 is 1.47. The first-order valence-electron chi connectivity index (χ1n) is 7.95. The number of anilines is 1. The summed E-state index contributed by atoms with van der Waals surface area (Å²) in [6.07, 6.45) is 0. The lowest BCUT2D eigenvalue weighted by Gasteiger charge is -2.26. The van der Waals surface area contributed by atoms with Crippen molar-refractivity contribution in [2.75, 3.05) is 11.1 Å². The monoisotopic (exact) mass is 343 g/mol. The molecule has 2 heterocycles. The summed E-state index contributed by atoms with van der Waals surface area (Å²) < 4.78 is 1.61. The van der Waals surface area contributed by atoms with E-state index in [0.29, 0.717) is 17.5 Å². The summed E-state index contributed by atoms with van der Waals surface area (Å²) in [5, 5.41) is 3.61. The van der Waals surface area contributed by atoms with Gasteiger partial charge in [0.25, 0.3) is 5.56 Å². The van der Waals surface area contributed by atoms with Gasteiger partial charge in [0.15, 0.2) is 5.16 Å². The number of benzene rings is 1. The van der Waals surface area contributed by atoms with Crippen LogP contribution in [0.3, 0.4) is 0 Å². The number of thioether (sulfide) groups is 1. The van der Waals surface area contributed by atoms with Crippen LogP contribution in [-0.2, 0) is 16.8 Å². The quantitative estimate of drug-likeness (QED) is 0.852. The molecule has 0 radical (unpaired) electrons. The third kappa shape index (κ3) is 3.53. The third-order valence-electron chi connectivity index (χ3n) is 3.97. The Morgan fingerprint density at radius 3 is 2.67 bits per heavy atom. The molecule has 1 unspecified atom stereocenters. The lowest BCUT2D eigenvalue weighted by molar-refractivity contribution is -0.119. The van der Waals surface area contributed by atoms with Gasteiger partial charge in [0.2, 0.25) is 5.91 Å². The van der Waals surface area contributed by atoms with Gasteiger partial charge in [-0.05, 0) is 12.1 Å². The molecule has 1 aliphatic rings. The smallest absolute Gasteiger partial charge is 0.254 e. The fourth-order valence-corrected chi connectivity index (χ4v) is 3.61. The zero-order valence-corrected chi connectivity index (χ0v) is 14.9. The Morgan fingerprint density at radius 2 is 2.00 bits per heavy atom. The van der Waals surface area contributed by atoms with Crippen LogP contribution in [0.2, 0.25) is 0 Å². The van der Waals surface area contributed by atoms with E-state index in [1.54, 1.807) is 10.6 Å². The molecule has 1 aromatic heterocycles. The van der Waals surface area contributed by atoms with Gasteiger partial charge in [-0.25, -0.2) is 4.98 Å². The van der Waals surface area contributed by atoms with Gasteiger partial charge in [-0.2, -0.15) is 0 Å². The summed E-state index contributed by atoms with van der Waals surface area (Å²) in [6.45, 7) is 6.48. The number of rotatable bonds is 2. The van der Waals surface area contributed by atoms with Gasteiger partial charge in [0, 0.05) is 29.5 Å². The van der Waals surface area contributed by atoms with Crippen molar-refractivity contribution in [2.45, 2.75) is 37.9 Å². The Morgan fingerprint density at radius 1 is 1.29 bits per heavy atom. The number of fused-ring (bicyclic) bond motifs is 1. The number of aromatic nitrogens is 2. The van der Waals surface area contributed by atoms with Crippen LogP contribution >= 0.6 is 11.8 Å². The van der Waals surface area contributed by atoms with E-state index in [1.807, 2.05) is 51.1 Å². The Hall–Kier alpha value is -2.08. The zero-order valence-electron chi connectivity index (χ0n) is 14.1. The molecule has 1 N–H and O–H groups in total. The zero-order chi connectivity index (χ0) is 17.3. The van der Waals surface area contributed by atoms with E-state index in [9.17, 15) is 9.59 Å². The lowest BCUT2D eigenvalue weighted by Crippen LogP contribution is -2.37. The van der Waals surface area contributed by atoms with Gasteiger partial charge in [-0.15, -0.1) is 0 Å². The summed E-state index contributed by atoms with van der Waals surface area (Å²) in [4.78, 5) is 29.5. The van der Waals surface area contributed by atoms with E-state index in [0.717, 1.165) is 11.4 Å². The van der Waals surface area contributed by atoms with Gasteiger partial charge >= 0.3 is 0 Å². The van der Waals surface area contributed by atoms with Gasteiger partial charge in [-0.3, -0.25) is 14.2 Å². The number of nitrogens with one attached hydrogen (secondary N) is 1. The SMILES string of the molecule is CC(C)(C)c1cc(=O)n2c(n1)SCC(C(=O)Nc1ccccc1)C2. The second kappa shape index (κ2) is 6.43. The highest BCUT2D eigenvalue weighted by molar-refractivity contribution is 7.99. The van der Waals surface area contributed by atoms with E-state index < -0.39 is 0 Å². The predicted octanol–water partition coefficient (Wildman–Crippen LogP) is 2.90. The third-order valence-corrected chi connectivity index (χ3v) is 5.11. The molecule has 0 spiro atoms. The molecule has 1 amide bonds. The molecular formula is C18H21N3O2S. The number of hydrogen-bond donors (Lipinski definition) is 1. The van der Waals surface area contributed by atoms with Crippen molar-refractivity contribution < 1.29 is 4.79 Å². The van der Waals surface area contributed by atoms with Crippen LogP contribution in [-0.4, -0.2) is 21.2 Å². The topological polar surface area (TPSA) is 64.0 Å². The number of amides is 1. The van der Waals surface area contributed by atoms with E-state index in [4.69, 9.17) is 0 Å². The highest BCUT2D eigenvalue weighted by Crippen LogP contribution is 2.28. The van der Waals surface area contributed by atoms with Crippen molar-refractivity contribution in [3.63, 3.8) is 0 Å². The molecule has 1 atom stereocenters. The second-order valence-corrected chi connectivity index (χ2v) is 7.97. The number of nitrogens with zero attached hydrogens (tertiary/aromatic N) is 2. The molecule has 0 bridgehead atoms. The molecule has 0 aliphatic carbocycles. The maximum Gasteiger partial charge on any atom is 0.254 e. The van der Waals surface area contributed by atoms with E-state index in [-0.39, 0.29) is 22.8 Å². The minimum absolute atomic E-state index is 0.0638. The van der Waals surface area contributed by atoms with Crippen molar-refractivity contribution in [1.82, 2.24) is 9.55 Å². The number of hydrogen-bond acceptors (Lipinski definition) is 4. The molecule has 6 heteroatoms. The Labute approximate surface area is 145 Å². The minimum atomic E-state index is -0.248. The number of para-hydroxylation sites is 1. The Bertz CT molecular complexity index is 809. The summed E-state index contributed by atoms with van der Waals surface area (Å²) in [5.41, 5.74) is 1.30. The molecule has 24 heavy (non-hydrogen) atoms. The highest BCUT2D eigenvalue weighted by atomic mass is 32.2. The molecule has 126 valence electrons. The van der Waals surface area contributed by atoms with Crippen LogP contribution in [0.25, 0.3) is 0 Å². The first kappa shape index (κ1) is 16.8. The standard InChI is InChI=1S/C18H21N3O2S/c1-18(2,3)14-9-15(22)21-10-12(11-24-17(21)20-14)16(23)19-13-7-5-4-6-8-13/h4-9,12H,10-11H2,1-3H3,(H,19,23). The van der Waals surface area contributed by atoms with Crippen LogP contribution in [0.1, 0.15) is 26.5 Å². The maximum absolute atomic E-state index is 12.5. The minimum Gasteiger partial charge on any atom is -0.326 e. The van der Waals surface area contributed by atoms with E-state index in [2.05, 4.69) is 10.3 Å². The summed E-state index contributed by atoms with van der Waals surface area (Å²) in [5.74, 6) is 0.312. The molecule has 0 saturated carbocycles. The predicted molar refractivity (Wildman–Crippen MR) is 96.5 cm³/mol. The van der Waals surface area contributed by atoms with Crippen molar-refractivity contribution in [1.29, 1.82) is 0 Å². The molecule has 0 saturated heterocycles. The average molecular weight is 343 g/mol. The summed E-state index contributed by atoms with van der Waals surface area (Å²) in [7, 11) is 0. The van der Waals surface area contributed by atoms with Crippen molar-refractivity contribution in [3.05, 3.63) is 52.4 Å². The van der Waals surface area contributed by atoms with Crippen molar-refractivity contribution >= 4 is 23.4 Å². The van der Waals surface area contributed by atoms with Gasteiger partial charge in [0.05, 0.1) is 11.6 Å². The summed E-state index contributed by atoms with van der Waals surface area (Å²) in [6, 6.07) is 10.9. The molecule has 1 aliphatic heterocycles. The van der Waals surface area contributed by atoms with Crippen LogP contribution in [0.15, 0.2) is 46.3 Å². The average Bonchev–Trinajstić information content (AvgIpc) is 2.54. The van der Waals surface area contributed by atoms with Crippen molar-refractivity contribution in [3.8, 4) is 0 Å². The fourth-order valence-electron chi connectivity index (χ4n) is 2.52. The molecule has 1 aromatic carbocycles. The number of carbonyl (C=O) groups is 1. The van der Waals surface area contributed by atoms with Crippen LogP contribution < -0.4 is 10.9 Å². The maximum atomic E-state index is 12.5. The van der Waals surface area contributed by atoms with Crippen molar-refractivity contribution in [2.24, 2.45) is 5.92 Å². The lowest BCUT2D eigenvalue weighted by atomic mass is 9.92. The molecular weight excluding hydrogens is 322 g/mol. The number of carbonyl (C=O) groups excluding carboxylic acids is 1. The molecule has 3 rings (SSSR count). The molecule has 5 nitrogen and oxygen atoms in total. The largest absolute Gasteiger partial charge is 0.326 e. The van der Waals surface area contributed by atoms with Crippen LogP contribution in [0.4, 0.5) is 5.69 Å². The fraction of sp³-hybridized carbons (Fsp3) is 0.389. The Balaban J connectivity index is 1.80. The first-order valence-corrected chi connectivity index (χ1v) is 8.94. The van der Waals surface area contributed by atoms with Crippen LogP contribution in [0, 0.1) is 5.92 Å². The second-order valence-electron chi connectivity index (χ2n) is 6.99. The van der Waals surface area contributed by atoms with Gasteiger partial charge in [-0.1, -0.05) is 50.7 Å².